The van der Waals surface area contributed by atoms with Crippen LogP contribution >= 0.6 is 15.9 Å². The molecule has 110 valence electrons. The van der Waals surface area contributed by atoms with E-state index in [1.54, 1.807) is 0 Å². The van der Waals surface area contributed by atoms with Gasteiger partial charge in [-0.2, -0.15) is 5.10 Å². The minimum atomic E-state index is -0.202. The largest absolute Gasteiger partial charge is 0.377 e. The van der Waals surface area contributed by atoms with Gasteiger partial charge in [0, 0.05) is 22.8 Å². The highest BCUT2D eigenvalue weighted by Crippen LogP contribution is 2.29. The Balaban J connectivity index is 1.89. The van der Waals surface area contributed by atoms with Gasteiger partial charge in [0.1, 0.15) is 0 Å². The molecule has 0 aliphatic rings. The number of imidazole rings is 1. The first-order chi connectivity index (χ1) is 10.1. The van der Waals surface area contributed by atoms with Crippen molar-refractivity contribution in [1.82, 2.24) is 19.7 Å². The Hall–Kier alpha value is -2.02. The lowest BCUT2D eigenvalue weighted by molar-refractivity contribution is 0.658. The van der Waals surface area contributed by atoms with Crippen molar-refractivity contribution >= 4 is 32.7 Å². The fourth-order valence-electron chi connectivity index (χ4n) is 2.26. The summed E-state index contributed by atoms with van der Waals surface area (Å²) in [6.45, 7) is 4.99. The zero-order valence-electron chi connectivity index (χ0n) is 11.8. The smallest absolute Gasteiger partial charge is 0.323 e. The molecule has 0 radical (unpaired) electrons. The molecule has 2 aromatic heterocycles. The molecule has 0 saturated carbocycles. The van der Waals surface area contributed by atoms with Crippen LogP contribution in [0, 0.1) is 0 Å². The van der Waals surface area contributed by atoms with Gasteiger partial charge < -0.3 is 15.3 Å². The van der Waals surface area contributed by atoms with Crippen LogP contribution in [0.1, 0.15) is 25.5 Å². The van der Waals surface area contributed by atoms with Crippen molar-refractivity contribution < 1.29 is 0 Å². The molecule has 0 aliphatic carbocycles. The molecule has 1 atom stereocenters. The zero-order valence-corrected chi connectivity index (χ0v) is 13.4. The molecule has 1 aromatic carbocycles. The summed E-state index contributed by atoms with van der Waals surface area (Å²) in [5.41, 5.74) is 3.40. The van der Waals surface area contributed by atoms with Crippen molar-refractivity contribution in [3.63, 3.8) is 0 Å². The van der Waals surface area contributed by atoms with Gasteiger partial charge in [-0.15, -0.1) is 0 Å². The van der Waals surface area contributed by atoms with Gasteiger partial charge in [0.15, 0.2) is 0 Å². The summed E-state index contributed by atoms with van der Waals surface area (Å²) >= 11 is 3.53. The molecule has 0 amide bonds. The van der Waals surface area contributed by atoms with Crippen molar-refractivity contribution in [2.75, 3.05) is 5.32 Å². The lowest BCUT2D eigenvalue weighted by Crippen LogP contribution is -2.06. The Morgan fingerprint density at radius 2 is 2.10 bits per heavy atom. The monoisotopic (exact) mass is 349 g/mol. The van der Waals surface area contributed by atoms with Gasteiger partial charge >= 0.3 is 5.69 Å². The highest BCUT2D eigenvalue weighted by Gasteiger charge is 2.11. The molecule has 2 heterocycles. The first-order valence-electron chi connectivity index (χ1n) is 6.77. The quantitative estimate of drug-likeness (QED) is 0.677. The number of rotatable bonds is 4. The van der Waals surface area contributed by atoms with Gasteiger partial charge in [-0.05, 0) is 41.9 Å². The standard InChI is InChI=1S/C14H16BrN5O/c1-3-20-7-9(6-16-20)8(2)17-11-5-13-12(4-10(11)15)18-14(21)19-13/h4-8,17H,3H2,1-2H3,(H2,18,19,21). The minimum Gasteiger partial charge on any atom is -0.377 e. The molecule has 1 unspecified atom stereocenters. The number of halogens is 1. The molecular formula is C14H16BrN5O. The number of nitrogens with zero attached hydrogens (tertiary/aromatic N) is 2. The summed E-state index contributed by atoms with van der Waals surface area (Å²) < 4.78 is 2.80. The maximum atomic E-state index is 11.3. The lowest BCUT2D eigenvalue weighted by Gasteiger charge is -2.15. The number of H-pyrrole nitrogens is 2. The van der Waals surface area contributed by atoms with Crippen LogP contribution in [0.25, 0.3) is 11.0 Å². The minimum absolute atomic E-state index is 0.115. The maximum Gasteiger partial charge on any atom is 0.323 e. The van der Waals surface area contributed by atoms with Crippen LogP contribution in [-0.4, -0.2) is 19.7 Å². The predicted octanol–water partition coefficient (Wildman–Crippen LogP) is 3.01. The van der Waals surface area contributed by atoms with E-state index in [1.807, 2.05) is 29.2 Å². The zero-order chi connectivity index (χ0) is 15.0. The van der Waals surface area contributed by atoms with Crippen LogP contribution in [0.4, 0.5) is 5.69 Å². The van der Waals surface area contributed by atoms with Crippen molar-refractivity contribution in [3.05, 3.63) is 45.0 Å². The summed E-state index contributed by atoms with van der Waals surface area (Å²) in [4.78, 5) is 16.8. The van der Waals surface area contributed by atoms with Gasteiger partial charge in [-0.25, -0.2) is 4.79 Å². The number of fused-ring (bicyclic) bond motifs is 1. The fourth-order valence-corrected chi connectivity index (χ4v) is 2.72. The van der Waals surface area contributed by atoms with Gasteiger partial charge in [0.05, 0.1) is 29.0 Å². The second-order valence-electron chi connectivity index (χ2n) is 4.95. The van der Waals surface area contributed by atoms with Crippen LogP contribution in [-0.2, 0) is 6.54 Å². The summed E-state index contributed by atoms with van der Waals surface area (Å²) in [6.07, 6.45) is 3.90. The number of aromatic nitrogens is 4. The van der Waals surface area contributed by atoms with E-state index in [-0.39, 0.29) is 11.7 Å². The first-order valence-corrected chi connectivity index (χ1v) is 7.56. The molecule has 0 saturated heterocycles. The van der Waals surface area contributed by atoms with E-state index in [0.29, 0.717) is 0 Å². The lowest BCUT2D eigenvalue weighted by atomic mass is 10.1. The van der Waals surface area contributed by atoms with Crippen LogP contribution in [0.5, 0.6) is 0 Å². The number of aromatic amines is 2. The van der Waals surface area contributed by atoms with E-state index in [1.165, 1.54) is 0 Å². The molecular weight excluding hydrogens is 334 g/mol. The van der Waals surface area contributed by atoms with E-state index in [0.717, 1.165) is 33.3 Å². The van der Waals surface area contributed by atoms with Crippen LogP contribution in [0.3, 0.4) is 0 Å². The summed E-state index contributed by atoms with van der Waals surface area (Å²) in [6, 6.07) is 3.92. The number of aryl methyl sites for hydroxylation is 1. The van der Waals surface area contributed by atoms with Crippen molar-refractivity contribution in [3.8, 4) is 0 Å². The molecule has 0 spiro atoms. The van der Waals surface area contributed by atoms with Crippen molar-refractivity contribution in [2.24, 2.45) is 0 Å². The molecule has 0 fully saturated rings. The van der Waals surface area contributed by atoms with Crippen LogP contribution in [0.2, 0.25) is 0 Å². The first kappa shape index (κ1) is 13.9. The maximum absolute atomic E-state index is 11.3. The third kappa shape index (κ3) is 2.73. The Labute approximate surface area is 129 Å². The van der Waals surface area contributed by atoms with Gasteiger partial charge in [0.2, 0.25) is 0 Å². The van der Waals surface area contributed by atoms with Crippen LogP contribution < -0.4 is 11.0 Å². The number of hydrogen-bond acceptors (Lipinski definition) is 3. The van der Waals surface area contributed by atoms with E-state index in [4.69, 9.17) is 0 Å². The molecule has 7 heteroatoms. The van der Waals surface area contributed by atoms with E-state index in [2.05, 4.69) is 50.2 Å². The normalized spacial score (nSPS) is 12.7. The molecule has 3 aromatic rings. The summed E-state index contributed by atoms with van der Waals surface area (Å²) in [7, 11) is 0. The third-order valence-electron chi connectivity index (χ3n) is 3.45. The summed E-state index contributed by atoms with van der Waals surface area (Å²) in [5.74, 6) is 0. The van der Waals surface area contributed by atoms with Crippen molar-refractivity contribution in [2.45, 2.75) is 26.4 Å². The average molecular weight is 350 g/mol. The van der Waals surface area contributed by atoms with E-state index < -0.39 is 0 Å². The fraction of sp³-hybridized carbons (Fsp3) is 0.286. The molecule has 6 nitrogen and oxygen atoms in total. The summed E-state index contributed by atoms with van der Waals surface area (Å²) in [5, 5.41) is 7.71. The molecule has 0 aliphatic heterocycles. The second kappa shape index (κ2) is 5.40. The van der Waals surface area contributed by atoms with E-state index in [9.17, 15) is 4.79 Å². The molecule has 3 N–H and O–H groups in total. The SMILES string of the molecule is CCn1cc(C(C)Nc2cc3[nH]c(=O)[nH]c3cc2Br)cn1. The number of benzene rings is 1. The van der Waals surface area contributed by atoms with Crippen molar-refractivity contribution in [1.29, 1.82) is 0 Å². The Morgan fingerprint density at radius 1 is 1.38 bits per heavy atom. The Kier molecular flexibility index (Phi) is 3.59. The number of nitrogens with one attached hydrogen (secondary N) is 3. The van der Waals surface area contributed by atoms with E-state index >= 15 is 0 Å². The van der Waals surface area contributed by atoms with Crippen LogP contribution in [0.15, 0.2) is 33.8 Å². The molecule has 3 rings (SSSR count). The highest BCUT2D eigenvalue weighted by atomic mass is 79.9. The van der Waals surface area contributed by atoms with Gasteiger partial charge in [-0.3, -0.25) is 4.68 Å². The molecule has 0 bridgehead atoms. The highest BCUT2D eigenvalue weighted by molar-refractivity contribution is 9.10. The third-order valence-corrected chi connectivity index (χ3v) is 4.11. The van der Waals surface area contributed by atoms with Gasteiger partial charge in [-0.1, -0.05) is 0 Å². The number of anilines is 1. The predicted molar refractivity (Wildman–Crippen MR) is 86.6 cm³/mol. The Bertz CT molecular complexity index is 831. The van der Waals surface area contributed by atoms with Gasteiger partial charge in [0.25, 0.3) is 0 Å². The Morgan fingerprint density at radius 3 is 2.76 bits per heavy atom. The topological polar surface area (TPSA) is 78.5 Å². The second-order valence-corrected chi connectivity index (χ2v) is 5.81. The number of hydrogen-bond donors (Lipinski definition) is 3. The average Bonchev–Trinajstić information content (AvgIpc) is 3.04. The molecule has 21 heavy (non-hydrogen) atoms.